The molecular formula is C26H38O8. The smallest absolute Gasteiger partial charge is 0.315 e. The van der Waals surface area contributed by atoms with E-state index in [0.29, 0.717) is 18.8 Å². The molecule has 8 heteroatoms. The van der Waals surface area contributed by atoms with Gasteiger partial charge in [0.05, 0.1) is 18.1 Å². The van der Waals surface area contributed by atoms with E-state index in [1.807, 2.05) is 13.8 Å². The fraction of sp³-hybridized carbons (Fsp3) is 0.846. The van der Waals surface area contributed by atoms with E-state index in [9.17, 15) is 30.0 Å². The van der Waals surface area contributed by atoms with Crippen molar-refractivity contribution in [1.29, 1.82) is 0 Å². The lowest BCUT2D eigenvalue weighted by Gasteiger charge is -2.58. The fourth-order valence-electron chi connectivity index (χ4n) is 9.02. The molecule has 4 aliphatic carbocycles. The number of hydrogen-bond acceptors (Lipinski definition) is 7. The summed E-state index contributed by atoms with van der Waals surface area (Å²) in [6.07, 6.45) is -0.0313. The zero-order valence-corrected chi connectivity index (χ0v) is 20.4. The minimum absolute atomic E-state index is 0.000517. The summed E-state index contributed by atoms with van der Waals surface area (Å²) >= 11 is 0. The molecule has 0 aromatic rings. The van der Waals surface area contributed by atoms with Crippen molar-refractivity contribution < 1.29 is 39.5 Å². The van der Waals surface area contributed by atoms with E-state index in [1.165, 1.54) is 0 Å². The van der Waals surface area contributed by atoms with Gasteiger partial charge in [0.25, 0.3) is 0 Å². The average Bonchev–Trinajstić information content (AvgIpc) is 3.36. The molecule has 3 saturated carbocycles. The summed E-state index contributed by atoms with van der Waals surface area (Å²) in [4.78, 5) is 26.4. The number of aldehydes is 1. The minimum atomic E-state index is -1.46. The Morgan fingerprint density at radius 2 is 1.88 bits per heavy atom. The van der Waals surface area contributed by atoms with Crippen molar-refractivity contribution in [2.45, 2.75) is 84.1 Å². The van der Waals surface area contributed by atoms with Gasteiger partial charge in [-0.15, -0.1) is 0 Å². The number of carboxylic acids is 1. The summed E-state index contributed by atoms with van der Waals surface area (Å²) in [6, 6.07) is 0. The molecule has 1 heterocycles. The van der Waals surface area contributed by atoms with Crippen molar-refractivity contribution in [3.8, 4) is 0 Å². The van der Waals surface area contributed by atoms with Crippen LogP contribution in [0.15, 0.2) is 11.6 Å². The third-order valence-electron chi connectivity index (χ3n) is 10.4. The molecule has 0 aromatic carbocycles. The molecule has 3 unspecified atom stereocenters. The normalized spacial score (nSPS) is 53.6. The first-order valence-electron chi connectivity index (χ1n) is 12.7. The number of carbonyl (C=O) groups excluding carboxylic acids is 1. The third kappa shape index (κ3) is 2.67. The van der Waals surface area contributed by atoms with Gasteiger partial charge in [0.2, 0.25) is 0 Å². The molecule has 1 saturated heterocycles. The van der Waals surface area contributed by atoms with Crippen LogP contribution in [0, 0.1) is 45.8 Å². The van der Waals surface area contributed by atoms with Gasteiger partial charge >= 0.3 is 5.97 Å². The highest BCUT2D eigenvalue weighted by molar-refractivity contribution is 5.90. The molecule has 0 amide bonds. The number of ether oxygens (including phenoxy) is 2. The first kappa shape index (κ1) is 24.4. The number of allylic oxidation sites excluding steroid dienone is 1. The van der Waals surface area contributed by atoms with Crippen LogP contribution in [0.1, 0.15) is 53.4 Å². The molecule has 0 aromatic heterocycles. The summed E-state index contributed by atoms with van der Waals surface area (Å²) in [5, 5.41) is 41.8. The van der Waals surface area contributed by atoms with Crippen molar-refractivity contribution in [3.63, 3.8) is 0 Å². The highest BCUT2D eigenvalue weighted by Crippen LogP contribution is 2.82. The summed E-state index contributed by atoms with van der Waals surface area (Å²) < 4.78 is 11.8. The predicted octanol–water partition coefficient (Wildman–Crippen LogP) is 1.76. The molecule has 1 aliphatic heterocycles. The summed E-state index contributed by atoms with van der Waals surface area (Å²) in [6.45, 7) is 7.76. The number of rotatable bonds is 6. The minimum Gasteiger partial charge on any atom is -0.481 e. The van der Waals surface area contributed by atoms with Gasteiger partial charge in [-0.2, -0.15) is 0 Å². The number of aliphatic carboxylic acids is 1. The number of carbonyl (C=O) groups is 2. The number of carboxylic acid groups (broad SMARTS) is 1. The highest BCUT2D eigenvalue weighted by Gasteiger charge is 2.84. The van der Waals surface area contributed by atoms with E-state index in [-0.39, 0.29) is 30.3 Å². The zero-order chi connectivity index (χ0) is 24.8. The second-order valence-electron chi connectivity index (χ2n) is 12.0. The van der Waals surface area contributed by atoms with E-state index >= 15 is 0 Å². The van der Waals surface area contributed by atoms with Gasteiger partial charge in [0.1, 0.15) is 30.0 Å². The second kappa shape index (κ2) is 7.84. The van der Waals surface area contributed by atoms with Gasteiger partial charge in [-0.3, -0.25) is 4.79 Å². The Labute approximate surface area is 200 Å². The Morgan fingerprint density at radius 1 is 1.18 bits per heavy atom. The number of fused-ring (bicyclic) bond motifs is 2. The Hall–Kier alpha value is -1.32. The summed E-state index contributed by atoms with van der Waals surface area (Å²) in [7, 11) is 0. The Kier molecular flexibility index (Phi) is 5.62. The first-order valence-corrected chi connectivity index (χ1v) is 12.7. The van der Waals surface area contributed by atoms with E-state index in [2.05, 4.69) is 13.0 Å². The van der Waals surface area contributed by atoms with Crippen LogP contribution in [0.5, 0.6) is 0 Å². The third-order valence-corrected chi connectivity index (χ3v) is 10.4. The fourth-order valence-corrected chi connectivity index (χ4v) is 9.02. The maximum atomic E-state index is 13.4. The average molecular weight is 479 g/mol. The molecule has 4 fully saturated rings. The Bertz CT molecular complexity index is 901. The lowest BCUT2D eigenvalue weighted by atomic mass is 9.43. The Morgan fingerprint density at radius 3 is 2.50 bits per heavy atom. The second-order valence-corrected chi connectivity index (χ2v) is 12.0. The van der Waals surface area contributed by atoms with Crippen LogP contribution >= 0.6 is 0 Å². The van der Waals surface area contributed by atoms with Crippen LogP contribution in [0.25, 0.3) is 0 Å². The highest BCUT2D eigenvalue weighted by atomic mass is 16.7. The molecule has 8 nitrogen and oxygen atoms in total. The van der Waals surface area contributed by atoms with E-state index in [0.717, 1.165) is 24.7 Å². The standard InChI is InChI=1S/C26H38O8/c1-12(2)18-7-15-8-24(10-27)17-6-5-13(3)16(17)9-25(15,26(18,24)23(31)32)11-33-22-21(30)20(29)19(28)14(4)34-22/h7,10,12-17,19-22,28-30H,5-6,8-9,11H2,1-4H3,(H,31,32)/t13-,14-,15?,16-,17-,19-,20-,21+,22-,24?,25?,26+/m1/s1. The van der Waals surface area contributed by atoms with Gasteiger partial charge in [0, 0.05) is 5.41 Å². The molecule has 0 radical (unpaired) electrons. The Balaban J connectivity index is 1.59. The van der Waals surface area contributed by atoms with Crippen molar-refractivity contribution in [3.05, 3.63) is 11.6 Å². The SMILES string of the molecule is CC(C)C1=CC2CC3(C=O)[C@@H]4CC[C@@H](C)[C@H]4CC2(CO[C@@H]2O[C@H](C)[C@@H](O)[C@@H](O)[C@@H]2O)[C@]13C(=O)O. The molecule has 190 valence electrons. The molecule has 12 atom stereocenters. The topological polar surface area (TPSA) is 134 Å². The molecule has 0 spiro atoms. The quantitative estimate of drug-likeness (QED) is 0.335. The van der Waals surface area contributed by atoms with Crippen molar-refractivity contribution >= 4 is 12.3 Å². The van der Waals surface area contributed by atoms with Crippen molar-refractivity contribution in [2.24, 2.45) is 45.8 Å². The zero-order valence-electron chi connectivity index (χ0n) is 20.4. The summed E-state index contributed by atoms with van der Waals surface area (Å²) in [5.41, 5.74) is -2.37. The van der Waals surface area contributed by atoms with Gasteiger partial charge in [-0.1, -0.05) is 38.8 Å². The van der Waals surface area contributed by atoms with Crippen LogP contribution in [0.2, 0.25) is 0 Å². The first-order chi connectivity index (χ1) is 16.0. The number of aliphatic hydroxyl groups is 3. The monoisotopic (exact) mass is 478 g/mol. The van der Waals surface area contributed by atoms with Gasteiger partial charge in [-0.25, -0.2) is 0 Å². The van der Waals surface area contributed by atoms with Crippen LogP contribution < -0.4 is 0 Å². The lowest BCUT2D eigenvalue weighted by molar-refractivity contribution is -0.304. The summed E-state index contributed by atoms with van der Waals surface area (Å²) in [5.74, 6) is -0.472. The molecule has 34 heavy (non-hydrogen) atoms. The number of aliphatic hydroxyl groups excluding tert-OH is 3. The van der Waals surface area contributed by atoms with Crippen molar-refractivity contribution in [1.82, 2.24) is 0 Å². The van der Waals surface area contributed by atoms with Crippen LogP contribution in [0.4, 0.5) is 0 Å². The van der Waals surface area contributed by atoms with Gasteiger partial charge < -0.3 is 34.7 Å². The molecule has 5 aliphatic rings. The largest absolute Gasteiger partial charge is 0.481 e. The van der Waals surface area contributed by atoms with E-state index < -0.39 is 52.9 Å². The predicted molar refractivity (Wildman–Crippen MR) is 120 cm³/mol. The van der Waals surface area contributed by atoms with E-state index in [1.54, 1.807) is 6.92 Å². The molecular weight excluding hydrogens is 440 g/mol. The molecule has 4 bridgehead atoms. The van der Waals surface area contributed by atoms with E-state index in [4.69, 9.17) is 9.47 Å². The molecule has 5 rings (SSSR count). The maximum Gasteiger partial charge on any atom is 0.315 e. The van der Waals surface area contributed by atoms with Crippen LogP contribution in [-0.2, 0) is 19.1 Å². The van der Waals surface area contributed by atoms with Crippen LogP contribution in [0.3, 0.4) is 0 Å². The van der Waals surface area contributed by atoms with Gasteiger partial charge in [-0.05, 0) is 55.8 Å². The van der Waals surface area contributed by atoms with Crippen LogP contribution in [-0.4, -0.2) is 70.0 Å². The van der Waals surface area contributed by atoms with Crippen molar-refractivity contribution in [2.75, 3.05) is 6.61 Å². The maximum absolute atomic E-state index is 13.4. The van der Waals surface area contributed by atoms with Gasteiger partial charge in [0.15, 0.2) is 6.29 Å². The number of hydrogen-bond donors (Lipinski definition) is 4. The lowest BCUT2D eigenvalue weighted by Crippen LogP contribution is -2.64. The molecule has 4 N–H and O–H groups in total.